The standard InChI is InChI=1S/C21H24N2O5/c1-4-28-19(24)15-7-5-6-8-16(15)22-20(25)23-21(11-12-21)14-9-10-17(26-2)18(13-14)27-3/h5-10,13H,4,11-12H2,1-3H3,(H2,22,23,25). The van der Waals surface area contributed by atoms with Crippen LogP contribution in [0.4, 0.5) is 10.5 Å². The van der Waals surface area contributed by atoms with Gasteiger partial charge in [0.15, 0.2) is 11.5 Å². The van der Waals surface area contributed by atoms with Gasteiger partial charge >= 0.3 is 12.0 Å². The summed E-state index contributed by atoms with van der Waals surface area (Å²) >= 11 is 0. The van der Waals surface area contributed by atoms with Gasteiger partial charge in [0.25, 0.3) is 0 Å². The summed E-state index contributed by atoms with van der Waals surface area (Å²) < 4.78 is 15.7. The van der Waals surface area contributed by atoms with E-state index in [4.69, 9.17) is 14.2 Å². The Morgan fingerprint density at radius 2 is 1.75 bits per heavy atom. The maximum absolute atomic E-state index is 12.6. The number of nitrogens with one attached hydrogen (secondary N) is 2. The van der Waals surface area contributed by atoms with Crippen LogP contribution in [-0.4, -0.2) is 32.8 Å². The number of carbonyl (C=O) groups is 2. The van der Waals surface area contributed by atoms with Crippen molar-refractivity contribution in [3.8, 4) is 11.5 Å². The number of benzene rings is 2. The molecule has 0 unspecified atom stereocenters. The summed E-state index contributed by atoms with van der Waals surface area (Å²) in [6, 6.07) is 12.0. The molecule has 0 spiro atoms. The van der Waals surface area contributed by atoms with Crippen LogP contribution in [0, 0.1) is 0 Å². The third-order valence-corrected chi connectivity index (χ3v) is 4.71. The van der Waals surface area contributed by atoms with Gasteiger partial charge < -0.3 is 24.8 Å². The summed E-state index contributed by atoms with van der Waals surface area (Å²) in [6.07, 6.45) is 1.63. The van der Waals surface area contributed by atoms with Crippen LogP contribution in [-0.2, 0) is 10.3 Å². The first-order valence-corrected chi connectivity index (χ1v) is 9.11. The van der Waals surface area contributed by atoms with E-state index in [0.717, 1.165) is 18.4 Å². The van der Waals surface area contributed by atoms with Crippen molar-refractivity contribution in [1.29, 1.82) is 0 Å². The molecule has 3 rings (SSSR count). The van der Waals surface area contributed by atoms with Crippen LogP contribution in [0.1, 0.15) is 35.7 Å². The molecule has 0 heterocycles. The molecule has 7 heteroatoms. The van der Waals surface area contributed by atoms with Crippen LogP contribution in [0.25, 0.3) is 0 Å². The highest BCUT2D eigenvalue weighted by atomic mass is 16.5. The molecule has 1 fully saturated rings. The van der Waals surface area contributed by atoms with Gasteiger partial charge in [-0.3, -0.25) is 0 Å². The van der Waals surface area contributed by atoms with Gasteiger partial charge in [0.2, 0.25) is 0 Å². The summed E-state index contributed by atoms with van der Waals surface area (Å²) in [5.41, 5.74) is 1.21. The maximum Gasteiger partial charge on any atom is 0.340 e. The van der Waals surface area contributed by atoms with E-state index in [2.05, 4.69) is 10.6 Å². The Kier molecular flexibility index (Phi) is 5.73. The molecule has 0 radical (unpaired) electrons. The van der Waals surface area contributed by atoms with E-state index < -0.39 is 11.5 Å². The van der Waals surface area contributed by atoms with Crippen LogP contribution in [0.15, 0.2) is 42.5 Å². The van der Waals surface area contributed by atoms with Crippen LogP contribution in [0.2, 0.25) is 0 Å². The van der Waals surface area contributed by atoms with E-state index in [0.29, 0.717) is 22.7 Å². The molecule has 148 valence electrons. The highest BCUT2D eigenvalue weighted by molar-refractivity contribution is 6.01. The fraction of sp³-hybridized carbons (Fsp3) is 0.333. The normalized spacial score (nSPS) is 14.0. The zero-order valence-corrected chi connectivity index (χ0v) is 16.2. The van der Waals surface area contributed by atoms with E-state index in [1.807, 2.05) is 18.2 Å². The summed E-state index contributed by atoms with van der Waals surface area (Å²) in [6.45, 7) is 2.00. The van der Waals surface area contributed by atoms with E-state index in [9.17, 15) is 9.59 Å². The Morgan fingerprint density at radius 1 is 1.04 bits per heavy atom. The highest BCUT2D eigenvalue weighted by Crippen LogP contribution is 2.47. The monoisotopic (exact) mass is 384 g/mol. The molecule has 28 heavy (non-hydrogen) atoms. The number of carbonyl (C=O) groups excluding carboxylic acids is 2. The van der Waals surface area contributed by atoms with Crippen molar-refractivity contribution in [3.63, 3.8) is 0 Å². The lowest BCUT2D eigenvalue weighted by molar-refractivity contribution is 0.0527. The number of urea groups is 1. The number of esters is 1. The molecule has 2 N–H and O–H groups in total. The van der Waals surface area contributed by atoms with Gasteiger partial charge in [0.05, 0.1) is 37.6 Å². The van der Waals surface area contributed by atoms with Crippen molar-refractivity contribution >= 4 is 17.7 Å². The van der Waals surface area contributed by atoms with Crippen LogP contribution >= 0.6 is 0 Å². The molecule has 0 aliphatic heterocycles. The molecule has 0 bridgehead atoms. The number of hydrogen-bond donors (Lipinski definition) is 2. The first-order chi connectivity index (χ1) is 13.5. The second-order valence-electron chi connectivity index (χ2n) is 6.50. The average Bonchev–Trinajstić information content (AvgIpc) is 3.48. The van der Waals surface area contributed by atoms with Gasteiger partial charge in [-0.1, -0.05) is 18.2 Å². The number of methoxy groups -OCH3 is 2. The number of para-hydroxylation sites is 1. The summed E-state index contributed by atoms with van der Waals surface area (Å²) in [5, 5.41) is 5.78. The molecule has 7 nitrogen and oxygen atoms in total. The third kappa shape index (κ3) is 4.03. The first kappa shape index (κ1) is 19.5. The second-order valence-corrected chi connectivity index (χ2v) is 6.50. The van der Waals surface area contributed by atoms with E-state index >= 15 is 0 Å². The Balaban J connectivity index is 1.75. The Morgan fingerprint density at radius 3 is 2.39 bits per heavy atom. The predicted octanol–water partition coefficient (Wildman–Crippen LogP) is 3.69. The van der Waals surface area contributed by atoms with Gasteiger partial charge in [-0.05, 0) is 49.6 Å². The van der Waals surface area contributed by atoms with Crippen LogP contribution < -0.4 is 20.1 Å². The molecule has 0 atom stereocenters. The summed E-state index contributed by atoms with van der Waals surface area (Å²) in [7, 11) is 3.16. The Bertz CT molecular complexity index is 877. The van der Waals surface area contributed by atoms with Gasteiger partial charge in [-0.2, -0.15) is 0 Å². The second kappa shape index (κ2) is 8.21. The smallest absolute Gasteiger partial charge is 0.340 e. The van der Waals surface area contributed by atoms with Crippen molar-refractivity contribution in [2.75, 3.05) is 26.1 Å². The molecule has 1 aliphatic rings. The first-order valence-electron chi connectivity index (χ1n) is 9.11. The van der Waals surface area contributed by atoms with Gasteiger partial charge in [-0.15, -0.1) is 0 Å². The van der Waals surface area contributed by atoms with Crippen molar-refractivity contribution in [3.05, 3.63) is 53.6 Å². The van der Waals surface area contributed by atoms with Gasteiger partial charge in [-0.25, -0.2) is 9.59 Å². The Hall–Kier alpha value is -3.22. The SMILES string of the molecule is CCOC(=O)c1ccccc1NC(=O)NC1(c2ccc(OC)c(OC)c2)CC1. The van der Waals surface area contributed by atoms with E-state index in [1.165, 1.54) is 0 Å². The van der Waals surface area contributed by atoms with Crippen LogP contribution in [0.3, 0.4) is 0 Å². The zero-order chi connectivity index (χ0) is 20.1. The largest absolute Gasteiger partial charge is 0.493 e. The van der Waals surface area contributed by atoms with Crippen molar-refractivity contribution in [2.24, 2.45) is 0 Å². The molecule has 2 amide bonds. The molecule has 0 saturated heterocycles. The minimum Gasteiger partial charge on any atom is -0.493 e. The number of rotatable bonds is 7. The van der Waals surface area contributed by atoms with Gasteiger partial charge in [0.1, 0.15) is 0 Å². The van der Waals surface area contributed by atoms with E-state index in [1.54, 1.807) is 45.4 Å². The third-order valence-electron chi connectivity index (χ3n) is 4.71. The molecule has 0 aromatic heterocycles. The fourth-order valence-electron chi connectivity index (χ4n) is 3.09. The number of ether oxygens (including phenoxy) is 3. The minimum atomic E-state index is -0.473. The average molecular weight is 384 g/mol. The lowest BCUT2D eigenvalue weighted by Crippen LogP contribution is -2.38. The topological polar surface area (TPSA) is 85.9 Å². The number of anilines is 1. The molecule has 2 aromatic rings. The van der Waals surface area contributed by atoms with Gasteiger partial charge in [0, 0.05) is 0 Å². The van der Waals surface area contributed by atoms with Crippen molar-refractivity contribution < 1.29 is 23.8 Å². The van der Waals surface area contributed by atoms with Crippen molar-refractivity contribution in [1.82, 2.24) is 5.32 Å². The zero-order valence-electron chi connectivity index (χ0n) is 16.2. The molecular weight excluding hydrogens is 360 g/mol. The van der Waals surface area contributed by atoms with Crippen molar-refractivity contribution in [2.45, 2.75) is 25.3 Å². The van der Waals surface area contributed by atoms with E-state index in [-0.39, 0.29) is 12.6 Å². The molecule has 1 saturated carbocycles. The molecule has 2 aromatic carbocycles. The Labute approximate surface area is 164 Å². The quantitative estimate of drug-likeness (QED) is 0.711. The summed E-state index contributed by atoms with van der Waals surface area (Å²) in [4.78, 5) is 24.7. The molecular formula is C21H24N2O5. The fourth-order valence-corrected chi connectivity index (χ4v) is 3.09. The molecule has 1 aliphatic carbocycles. The predicted molar refractivity (Wildman–Crippen MR) is 105 cm³/mol. The maximum atomic E-state index is 12.6. The lowest BCUT2D eigenvalue weighted by Gasteiger charge is -2.20. The lowest BCUT2D eigenvalue weighted by atomic mass is 10.0. The summed E-state index contributed by atoms with van der Waals surface area (Å²) in [5.74, 6) is 0.774. The number of amides is 2. The number of hydrogen-bond acceptors (Lipinski definition) is 5. The van der Waals surface area contributed by atoms with Crippen LogP contribution in [0.5, 0.6) is 11.5 Å². The highest BCUT2D eigenvalue weighted by Gasteiger charge is 2.46. The minimum absolute atomic E-state index is 0.266.